The van der Waals surface area contributed by atoms with Crippen molar-refractivity contribution in [1.29, 1.82) is 0 Å². The summed E-state index contributed by atoms with van der Waals surface area (Å²) in [6.45, 7) is 1.76. The van der Waals surface area contributed by atoms with E-state index < -0.39 is 5.97 Å². The van der Waals surface area contributed by atoms with Crippen LogP contribution in [0.2, 0.25) is 0 Å². The van der Waals surface area contributed by atoms with Gasteiger partial charge in [0, 0.05) is 13.1 Å². The Bertz CT molecular complexity index is 666. The van der Waals surface area contributed by atoms with Crippen LogP contribution in [0, 0.1) is 6.92 Å². The largest absolute Gasteiger partial charge is 0.478 e. The summed E-state index contributed by atoms with van der Waals surface area (Å²) in [4.78, 5) is 24.3. The molecule has 0 unspecified atom stereocenters. The van der Waals surface area contributed by atoms with Crippen LogP contribution < -0.4 is 0 Å². The number of aromatic carboxylic acids is 1. The molecule has 2 aromatic rings. The minimum absolute atomic E-state index is 0.108. The van der Waals surface area contributed by atoms with E-state index in [0.717, 1.165) is 0 Å². The van der Waals surface area contributed by atoms with Crippen molar-refractivity contribution in [2.75, 3.05) is 7.05 Å². The summed E-state index contributed by atoms with van der Waals surface area (Å²) in [7, 11) is 1.60. The van der Waals surface area contributed by atoms with Crippen molar-refractivity contribution >= 4 is 18.0 Å². The molecule has 0 saturated heterocycles. The molecule has 2 aromatic heterocycles. The monoisotopic (exact) mass is 289 g/mol. The van der Waals surface area contributed by atoms with Gasteiger partial charge in [-0.25, -0.2) is 4.79 Å². The standard InChI is InChI=1S/C15H15NO5/c1-10-13(15(18)19)8-12(21-10)9-16(2)14(17)6-5-11-4-3-7-20-11/h3-8H,9H2,1-2H3,(H,18,19)/b6-5+. The van der Waals surface area contributed by atoms with Gasteiger partial charge in [0.2, 0.25) is 5.91 Å². The third-order valence-corrected chi connectivity index (χ3v) is 2.90. The molecule has 6 heteroatoms. The lowest BCUT2D eigenvalue weighted by Crippen LogP contribution is -2.23. The van der Waals surface area contributed by atoms with Crippen LogP contribution in [0.25, 0.3) is 6.08 Å². The molecule has 0 aliphatic heterocycles. The zero-order chi connectivity index (χ0) is 15.4. The van der Waals surface area contributed by atoms with Gasteiger partial charge >= 0.3 is 5.97 Å². The number of amides is 1. The van der Waals surface area contributed by atoms with Crippen molar-refractivity contribution in [1.82, 2.24) is 4.90 Å². The van der Waals surface area contributed by atoms with Crippen molar-refractivity contribution in [3.05, 3.63) is 53.4 Å². The van der Waals surface area contributed by atoms with Crippen LogP contribution >= 0.6 is 0 Å². The second-order valence-electron chi connectivity index (χ2n) is 4.53. The molecular weight excluding hydrogens is 274 g/mol. The number of rotatable bonds is 5. The highest BCUT2D eigenvalue weighted by molar-refractivity contribution is 5.91. The zero-order valence-electron chi connectivity index (χ0n) is 11.7. The highest BCUT2D eigenvalue weighted by atomic mass is 16.4. The number of aryl methyl sites for hydroxylation is 1. The van der Waals surface area contributed by atoms with Gasteiger partial charge in [-0.2, -0.15) is 0 Å². The molecule has 0 bridgehead atoms. The number of carboxylic acid groups (broad SMARTS) is 1. The van der Waals surface area contributed by atoms with Crippen molar-refractivity contribution < 1.29 is 23.5 Å². The SMILES string of the molecule is Cc1oc(CN(C)C(=O)/C=C/c2ccco2)cc1C(=O)O. The summed E-state index contributed by atoms with van der Waals surface area (Å²) >= 11 is 0. The normalized spacial score (nSPS) is 11.0. The molecule has 0 aliphatic rings. The number of hydrogen-bond donors (Lipinski definition) is 1. The fourth-order valence-corrected chi connectivity index (χ4v) is 1.81. The van der Waals surface area contributed by atoms with Gasteiger partial charge in [0.05, 0.1) is 12.8 Å². The molecule has 0 radical (unpaired) electrons. The van der Waals surface area contributed by atoms with Crippen LogP contribution in [0.5, 0.6) is 0 Å². The maximum atomic E-state index is 11.9. The minimum Gasteiger partial charge on any atom is -0.478 e. The van der Waals surface area contributed by atoms with E-state index >= 15 is 0 Å². The van der Waals surface area contributed by atoms with Crippen LogP contribution in [0.1, 0.15) is 27.6 Å². The van der Waals surface area contributed by atoms with Gasteiger partial charge in [0.1, 0.15) is 22.8 Å². The second kappa shape index (κ2) is 6.13. The Morgan fingerprint density at radius 2 is 2.19 bits per heavy atom. The predicted octanol–water partition coefficient (Wildman–Crippen LogP) is 2.55. The third-order valence-electron chi connectivity index (χ3n) is 2.90. The van der Waals surface area contributed by atoms with E-state index in [1.807, 2.05) is 0 Å². The van der Waals surface area contributed by atoms with E-state index in [2.05, 4.69) is 0 Å². The summed E-state index contributed by atoms with van der Waals surface area (Å²) in [6.07, 6.45) is 4.47. The van der Waals surface area contributed by atoms with Crippen molar-refractivity contribution in [2.24, 2.45) is 0 Å². The first-order valence-electron chi connectivity index (χ1n) is 6.26. The molecule has 21 heavy (non-hydrogen) atoms. The van der Waals surface area contributed by atoms with E-state index in [0.29, 0.717) is 17.3 Å². The first-order chi connectivity index (χ1) is 9.97. The van der Waals surface area contributed by atoms with Crippen LogP contribution in [0.4, 0.5) is 0 Å². The molecule has 0 aliphatic carbocycles. The molecule has 1 amide bonds. The highest BCUT2D eigenvalue weighted by Gasteiger charge is 2.15. The van der Waals surface area contributed by atoms with Crippen LogP contribution in [-0.2, 0) is 11.3 Å². The Morgan fingerprint density at radius 1 is 1.43 bits per heavy atom. The van der Waals surface area contributed by atoms with Crippen LogP contribution in [0.15, 0.2) is 39.4 Å². The minimum atomic E-state index is -1.05. The Kier molecular flexibility index (Phi) is 4.27. The number of carbonyl (C=O) groups is 2. The number of hydrogen-bond acceptors (Lipinski definition) is 4. The maximum absolute atomic E-state index is 11.9. The summed E-state index contributed by atoms with van der Waals surface area (Å²) < 4.78 is 10.4. The number of furan rings is 2. The van der Waals surface area contributed by atoms with Crippen LogP contribution in [0.3, 0.4) is 0 Å². The van der Waals surface area contributed by atoms with Crippen molar-refractivity contribution in [3.63, 3.8) is 0 Å². The topological polar surface area (TPSA) is 83.9 Å². The molecule has 0 aromatic carbocycles. The van der Waals surface area contributed by atoms with Gasteiger partial charge in [0.15, 0.2) is 0 Å². The highest BCUT2D eigenvalue weighted by Crippen LogP contribution is 2.16. The summed E-state index contributed by atoms with van der Waals surface area (Å²) in [5.74, 6) is 0.0434. The first-order valence-corrected chi connectivity index (χ1v) is 6.26. The van der Waals surface area contributed by atoms with Gasteiger partial charge in [-0.05, 0) is 31.2 Å². The van der Waals surface area contributed by atoms with Crippen molar-refractivity contribution in [3.8, 4) is 0 Å². The average Bonchev–Trinajstić information content (AvgIpc) is 3.05. The number of carbonyl (C=O) groups excluding carboxylic acids is 1. The van der Waals surface area contributed by atoms with E-state index in [1.54, 1.807) is 32.2 Å². The fourth-order valence-electron chi connectivity index (χ4n) is 1.81. The second-order valence-corrected chi connectivity index (χ2v) is 4.53. The molecule has 6 nitrogen and oxygen atoms in total. The zero-order valence-corrected chi connectivity index (χ0v) is 11.7. The number of likely N-dealkylation sites (N-methyl/N-ethyl adjacent to an activating group) is 1. The summed E-state index contributed by atoms with van der Waals surface area (Å²) in [5.41, 5.74) is 0.108. The lowest BCUT2D eigenvalue weighted by Gasteiger charge is -2.12. The van der Waals surface area contributed by atoms with Gasteiger partial charge in [-0.15, -0.1) is 0 Å². The molecule has 110 valence electrons. The Balaban J connectivity index is 2.00. The van der Waals surface area contributed by atoms with E-state index in [4.69, 9.17) is 13.9 Å². The number of nitrogens with zero attached hydrogens (tertiary/aromatic N) is 1. The quantitative estimate of drug-likeness (QED) is 0.855. The average molecular weight is 289 g/mol. The molecular formula is C15H15NO5. The molecule has 1 N–H and O–H groups in total. The first kappa shape index (κ1) is 14.6. The van der Waals surface area contributed by atoms with Gasteiger partial charge < -0.3 is 18.8 Å². The lowest BCUT2D eigenvalue weighted by atomic mass is 10.2. The summed E-state index contributed by atoms with van der Waals surface area (Å²) in [5, 5.41) is 8.95. The van der Waals surface area contributed by atoms with Crippen LogP contribution in [-0.4, -0.2) is 28.9 Å². The lowest BCUT2D eigenvalue weighted by molar-refractivity contribution is -0.125. The predicted molar refractivity (Wildman–Crippen MR) is 74.6 cm³/mol. The Morgan fingerprint density at radius 3 is 2.76 bits per heavy atom. The molecule has 2 heterocycles. The van der Waals surface area contributed by atoms with Gasteiger partial charge in [0.25, 0.3) is 0 Å². The van der Waals surface area contributed by atoms with Gasteiger partial charge in [-0.3, -0.25) is 4.79 Å². The Labute approximate surface area is 121 Å². The smallest absolute Gasteiger partial charge is 0.339 e. The van der Waals surface area contributed by atoms with E-state index in [9.17, 15) is 9.59 Å². The van der Waals surface area contributed by atoms with E-state index in [-0.39, 0.29) is 18.0 Å². The van der Waals surface area contributed by atoms with Gasteiger partial charge in [-0.1, -0.05) is 0 Å². The third kappa shape index (κ3) is 3.62. The molecule has 0 atom stereocenters. The summed E-state index contributed by atoms with van der Waals surface area (Å²) in [6, 6.07) is 4.89. The number of carboxylic acids is 1. The van der Waals surface area contributed by atoms with Crippen molar-refractivity contribution in [2.45, 2.75) is 13.5 Å². The fraction of sp³-hybridized carbons (Fsp3) is 0.200. The van der Waals surface area contributed by atoms with E-state index in [1.165, 1.54) is 23.3 Å². The maximum Gasteiger partial charge on any atom is 0.339 e. The molecule has 0 saturated carbocycles. The molecule has 0 spiro atoms. The Hall–Kier alpha value is -2.76. The molecule has 2 rings (SSSR count). The molecule has 0 fully saturated rings.